The van der Waals surface area contributed by atoms with Gasteiger partial charge in [-0.2, -0.15) is 0 Å². The number of fused-ring (bicyclic) bond motifs is 3. The van der Waals surface area contributed by atoms with Gasteiger partial charge in [0.25, 0.3) is 0 Å². The SMILES string of the molecule is COc1cc2c(c(OC)c1OC)-c1ccc(NCCCCCC(=O)N[C@@H](CC(C)C)C(=O)OC3CCCC3)c(=O)cc1[C@@H](NC(C)=O)CC2. The van der Waals surface area contributed by atoms with E-state index in [2.05, 4.69) is 16.0 Å². The van der Waals surface area contributed by atoms with Crippen molar-refractivity contribution in [1.82, 2.24) is 10.6 Å². The van der Waals surface area contributed by atoms with E-state index in [-0.39, 0.29) is 41.3 Å². The van der Waals surface area contributed by atoms with Gasteiger partial charge in [0.1, 0.15) is 12.1 Å². The fourth-order valence-electron chi connectivity index (χ4n) is 6.87. The van der Waals surface area contributed by atoms with E-state index in [1.165, 1.54) is 6.92 Å². The van der Waals surface area contributed by atoms with Gasteiger partial charge in [0.05, 0.1) is 33.1 Å². The van der Waals surface area contributed by atoms with Crippen molar-refractivity contribution in [3.05, 3.63) is 45.6 Å². The van der Waals surface area contributed by atoms with Gasteiger partial charge in [-0.1, -0.05) is 26.3 Å². The summed E-state index contributed by atoms with van der Waals surface area (Å²) in [5, 5.41) is 9.21. The number of aryl methyl sites for hydroxylation is 1. The molecule has 1 saturated carbocycles. The van der Waals surface area contributed by atoms with Gasteiger partial charge in [-0.25, -0.2) is 4.79 Å². The lowest BCUT2D eigenvalue weighted by molar-refractivity contribution is -0.153. The second-order valence-corrected chi connectivity index (χ2v) is 13.4. The van der Waals surface area contributed by atoms with Crippen molar-refractivity contribution < 1.29 is 33.3 Å². The monoisotopic (exact) mass is 679 g/mol. The van der Waals surface area contributed by atoms with Crippen LogP contribution in [0, 0.1) is 5.92 Å². The number of rotatable bonds is 16. The Kier molecular flexibility index (Phi) is 13.7. The largest absolute Gasteiger partial charge is 0.493 e. The van der Waals surface area contributed by atoms with Crippen molar-refractivity contribution in [2.75, 3.05) is 33.2 Å². The summed E-state index contributed by atoms with van der Waals surface area (Å²) in [5.74, 6) is 1.07. The predicted molar refractivity (Wildman–Crippen MR) is 189 cm³/mol. The third-order valence-corrected chi connectivity index (χ3v) is 9.22. The van der Waals surface area contributed by atoms with Gasteiger partial charge in [0.2, 0.25) is 23.0 Å². The van der Waals surface area contributed by atoms with Crippen LogP contribution < -0.4 is 35.6 Å². The maximum atomic E-state index is 13.5. The quantitative estimate of drug-likeness (QED) is 0.147. The molecule has 0 bridgehead atoms. The first-order valence-electron chi connectivity index (χ1n) is 17.6. The molecule has 2 aliphatic rings. The van der Waals surface area contributed by atoms with Crippen molar-refractivity contribution in [1.29, 1.82) is 0 Å². The number of hydrogen-bond donors (Lipinski definition) is 3. The Balaban J connectivity index is 1.42. The third-order valence-electron chi connectivity index (χ3n) is 9.22. The second-order valence-electron chi connectivity index (χ2n) is 13.4. The maximum Gasteiger partial charge on any atom is 0.328 e. The number of ether oxygens (including phenoxy) is 4. The zero-order valence-electron chi connectivity index (χ0n) is 29.9. The lowest BCUT2D eigenvalue weighted by atomic mass is 9.95. The number of carbonyl (C=O) groups excluding carboxylic acids is 3. The predicted octanol–water partition coefficient (Wildman–Crippen LogP) is 5.85. The molecule has 0 radical (unpaired) electrons. The molecule has 0 heterocycles. The topological polar surface area (TPSA) is 141 Å². The highest BCUT2D eigenvalue weighted by atomic mass is 16.5. The van der Waals surface area contributed by atoms with Crippen LogP contribution in [0.25, 0.3) is 11.1 Å². The first-order valence-corrected chi connectivity index (χ1v) is 17.6. The number of anilines is 1. The van der Waals surface area contributed by atoms with Crippen LogP contribution in [0.4, 0.5) is 5.69 Å². The van der Waals surface area contributed by atoms with Crippen LogP contribution >= 0.6 is 0 Å². The van der Waals surface area contributed by atoms with Crippen LogP contribution in [0.5, 0.6) is 17.2 Å². The molecule has 11 heteroatoms. The highest BCUT2D eigenvalue weighted by Crippen LogP contribution is 2.50. The fraction of sp³-hybridized carbons (Fsp3) is 0.579. The average Bonchev–Trinajstić information content (AvgIpc) is 3.47. The number of carbonyl (C=O) groups is 3. The van der Waals surface area contributed by atoms with Crippen molar-refractivity contribution in [2.24, 2.45) is 5.92 Å². The Morgan fingerprint density at radius 3 is 2.31 bits per heavy atom. The number of unbranched alkanes of at least 4 members (excludes halogenated alkanes) is 2. The molecule has 1 fully saturated rings. The van der Waals surface area contributed by atoms with E-state index in [4.69, 9.17) is 18.9 Å². The van der Waals surface area contributed by atoms with E-state index >= 15 is 0 Å². The molecule has 0 aliphatic heterocycles. The fourth-order valence-corrected chi connectivity index (χ4v) is 6.87. The number of hydrogen-bond acceptors (Lipinski definition) is 9. The molecule has 0 saturated heterocycles. The molecule has 2 aliphatic carbocycles. The van der Waals surface area contributed by atoms with Gasteiger partial charge in [-0.05, 0) is 98.6 Å². The molecule has 0 spiro atoms. The van der Waals surface area contributed by atoms with Crippen molar-refractivity contribution in [2.45, 2.75) is 110 Å². The van der Waals surface area contributed by atoms with Gasteiger partial charge in [0, 0.05) is 25.5 Å². The summed E-state index contributed by atoms with van der Waals surface area (Å²) in [6, 6.07) is 6.17. The van der Waals surface area contributed by atoms with Crippen molar-refractivity contribution in [3.63, 3.8) is 0 Å². The van der Waals surface area contributed by atoms with Gasteiger partial charge >= 0.3 is 5.97 Å². The summed E-state index contributed by atoms with van der Waals surface area (Å²) in [7, 11) is 4.70. The second kappa shape index (κ2) is 17.9. The Bertz CT molecular complexity index is 1540. The summed E-state index contributed by atoms with van der Waals surface area (Å²) < 4.78 is 22.8. The van der Waals surface area contributed by atoms with E-state index in [0.29, 0.717) is 67.1 Å². The highest BCUT2D eigenvalue weighted by Gasteiger charge is 2.30. The molecular formula is C38H53N3O8. The molecule has 2 aromatic rings. The maximum absolute atomic E-state index is 13.5. The van der Waals surface area contributed by atoms with Gasteiger partial charge < -0.3 is 34.9 Å². The lowest BCUT2D eigenvalue weighted by Crippen LogP contribution is -2.43. The standard InChI is InChI=1S/C38H53N3O8/c1-23(2)20-31(38(45)49-26-12-9-10-13-26)41-34(44)14-8-7-11-19-39-30-18-16-27-28(22-32(30)43)29(40-24(3)42)17-15-25-21-33(46-4)36(47-5)37(48-6)35(25)27/h16,18,21-23,26,29,31H,7-15,17,19-20H2,1-6H3,(H,39,43)(H,40,42)(H,41,44)/t29-,31-/m0/s1. The Labute approximate surface area is 289 Å². The number of esters is 1. The number of methoxy groups -OCH3 is 3. The third kappa shape index (κ3) is 9.89. The summed E-state index contributed by atoms with van der Waals surface area (Å²) in [6.45, 7) is 6.06. The lowest BCUT2D eigenvalue weighted by Gasteiger charge is -2.21. The molecular weight excluding hydrogens is 626 g/mol. The molecule has 0 unspecified atom stereocenters. The minimum absolute atomic E-state index is 0.0344. The minimum atomic E-state index is -0.625. The van der Waals surface area contributed by atoms with Crippen LogP contribution in [-0.4, -0.2) is 57.8 Å². The normalized spacial score (nSPS) is 16.1. The molecule has 2 aromatic carbocycles. The van der Waals surface area contributed by atoms with E-state index in [0.717, 1.165) is 55.2 Å². The zero-order valence-corrected chi connectivity index (χ0v) is 29.9. The molecule has 2 amide bonds. The van der Waals surface area contributed by atoms with Crippen LogP contribution in [0.2, 0.25) is 0 Å². The summed E-state index contributed by atoms with van der Waals surface area (Å²) >= 11 is 0. The Morgan fingerprint density at radius 1 is 0.918 bits per heavy atom. The van der Waals surface area contributed by atoms with Gasteiger partial charge in [0.15, 0.2) is 11.5 Å². The molecule has 2 atom stereocenters. The number of amides is 2. The van der Waals surface area contributed by atoms with E-state index < -0.39 is 6.04 Å². The van der Waals surface area contributed by atoms with Gasteiger partial charge in [-0.15, -0.1) is 0 Å². The smallest absolute Gasteiger partial charge is 0.328 e. The van der Waals surface area contributed by atoms with Gasteiger partial charge in [-0.3, -0.25) is 14.4 Å². The highest BCUT2D eigenvalue weighted by molar-refractivity contribution is 5.85. The Morgan fingerprint density at radius 2 is 1.65 bits per heavy atom. The van der Waals surface area contributed by atoms with Crippen molar-refractivity contribution >= 4 is 23.5 Å². The summed E-state index contributed by atoms with van der Waals surface area (Å²) in [6.07, 6.45) is 8.12. The molecule has 3 N–H and O–H groups in total. The summed E-state index contributed by atoms with van der Waals surface area (Å²) in [4.78, 5) is 51.3. The van der Waals surface area contributed by atoms with E-state index in [1.807, 2.05) is 26.0 Å². The zero-order chi connectivity index (χ0) is 35.5. The van der Waals surface area contributed by atoms with Crippen molar-refractivity contribution in [3.8, 4) is 28.4 Å². The molecule has 11 nitrogen and oxygen atoms in total. The molecule has 4 rings (SSSR count). The molecule has 49 heavy (non-hydrogen) atoms. The molecule has 268 valence electrons. The molecule has 0 aromatic heterocycles. The van der Waals surface area contributed by atoms with Crippen LogP contribution in [-0.2, 0) is 25.5 Å². The first-order chi connectivity index (χ1) is 23.6. The Hall–Kier alpha value is -4.28. The average molecular weight is 680 g/mol. The first kappa shape index (κ1) is 37.5. The van der Waals surface area contributed by atoms with Crippen LogP contribution in [0.3, 0.4) is 0 Å². The summed E-state index contributed by atoms with van der Waals surface area (Å²) in [5.41, 5.74) is 3.46. The number of nitrogens with one attached hydrogen (secondary N) is 3. The van der Waals surface area contributed by atoms with Crippen LogP contribution in [0.1, 0.15) is 102 Å². The number of benzene rings is 1. The minimum Gasteiger partial charge on any atom is -0.493 e. The van der Waals surface area contributed by atoms with E-state index in [9.17, 15) is 19.2 Å². The van der Waals surface area contributed by atoms with Crippen LogP contribution in [0.15, 0.2) is 29.1 Å². The van der Waals surface area contributed by atoms with E-state index in [1.54, 1.807) is 33.5 Å².